The summed E-state index contributed by atoms with van der Waals surface area (Å²) in [5.41, 5.74) is -1.10. The molecule has 1 spiro atoms. The monoisotopic (exact) mass is 1390 g/mol. The number of nitrogens with zero attached hydrogens (tertiary/aromatic N) is 7. The van der Waals surface area contributed by atoms with Gasteiger partial charge in [-0.1, -0.05) is 115 Å². The van der Waals surface area contributed by atoms with Gasteiger partial charge in [0, 0.05) is 54.7 Å². The van der Waals surface area contributed by atoms with Crippen molar-refractivity contribution in [2.24, 2.45) is 17.8 Å². The fourth-order valence-electron chi connectivity index (χ4n) is 13.3. The van der Waals surface area contributed by atoms with Crippen LogP contribution in [0.4, 0.5) is 26.3 Å². The van der Waals surface area contributed by atoms with Crippen molar-refractivity contribution in [3.05, 3.63) is 69.7 Å². The first kappa shape index (κ1) is 78.5. The predicted octanol–water partition coefficient (Wildman–Crippen LogP) is 6.21. The largest absolute Gasteiger partial charge is 0.417 e. The zero-order valence-corrected chi connectivity index (χ0v) is 58.5. The van der Waals surface area contributed by atoms with E-state index in [-0.39, 0.29) is 88.8 Å². The number of alkyl halides is 6. The van der Waals surface area contributed by atoms with Gasteiger partial charge in [0.2, 0.25) is 65.0 Å². The van der Waals surface area contributed by atoms with Crippen molar-refractivity contribution in [2.75, 3.05) is 54.9 Å². The minimum atomic E-state index is -5.27. The summed E-state index contributed by atoms with van der Waals surface area (Å²) >= 11 is 6.11. The fraction of sp³-hybridized carbons (Fsp3) is 0.662. The molecule has 538 valence electrons. The number of hydrogen-bond acceptors (Lipinski definition) is 11. The van der Waals surface area contributed by atoms with Crippen LogP contribution in [0.5, 0.6) is 0 Å². The normalized spacial score (nSPS) is 26.5. The summed E-state index contributed by atoms with van der Waals surface area (Å²) < 4.78 is 87.4. The zero-order chi connectivity index (χ0) is 72.5. The molecule has 97 heavy (non-hydrogen) atoms. The van der Waals surface area contributed by atoms with Gasteiger partial charge in [0.05, 0.1) is 23.6 Å². The third kappa shape index (κ3) is 18.8. The summed E-state index contributed by atoms with van der Waals surface area (Å²) in [6, 6.07) is -3.64. The van der Waals surface area contributed by atoms with Crippen LogP contribution in [0.1, 0.15) is 148 Å². The molecule has 3 heterocycles. The average molecular weight is 1390 g/mol. The molecule has 2 aromatic rings. The van der Waals surface area contributed by atoms with Gasteiger partial charge in [-0.2, -0.15) is 26.3 Å². The summed E-state index contributed by atoms with van der Waals surface area (Å²) in [7, 11) is 6.38. The highest BCUT2D eigenvalue weighted by atomic mass is 35.5. The maximum atomic E-state index is 15.3. The number of rotatable bonds is 11. The third-order valence-electron chi connectivity index (χ3n) is 20.0. The van der Waals surface area contributed by atoms with E-state index < -0.39 is 173 Å². The van der Waals surface area contributed by atoms with Crippen LogP contribution in [0, 0.1) is 24.7 Å². The molecule has 4 fully saturated rings. The van der Waals surface area contributed by atoms with Gasteiger partial charge < -0.3 is 55.6 Å². The maximum absolute atomic E-state index is 15.3. The number of likely N-dealkylation sites (N-methyl/N-ethyl adjacent to an activating group) is 5. The lowest BCUT2D eigenvalue weighted by Crippen LogP contribution is -2.65. The van der Waals surface area contributed by atoms with Crippen LogP contribution >= 0.6 is 11.6 Å². The second-order valence-corrected chi connectivity index (χ2v) is 27.7. The van der Waals surface area contributed by atoms with E-state index >= 15 is 22.8 Å². The second kappa shape index (κ2) is 32.9. The Hall–Kier alpha value is -7.52. The SMILES string of the molecule is CC[C@H](C)[C@@H]1NC(=O)[C@H](CC(C)C)N(C)C(=O)C[C@@H](C(F)(F)F)NC(=O)[C@H]([C@@H](C)CC)N(C)C(=O)C2(CCCC2)NC(=O)[C@@H]2CCCN2C(=O)[C@H](CCc2ccc(C(F)(F)F)c(Cl)c2)NC(=O)CN(C)C(=O)[C@H](Cc2ccc(C)cc2)N(C)C(=O)[C@@H]2CCN2C(=O)[C@H](C)N(C)C1=O. The lowest BCUT2D eigenvalue weighted by atomic mass is 9.90. The molecule has 3 saturated heterocycles. The van der Waals surface area contributed by atoms with Crippen molar-refractivity contribution in [3.63, 3.8) is 0 Å². The molecule has 0 unspecified atom stereocenters. The van der Waals surface area contributed by atoms with E-state index in [1.165, 1.54) is 49.8 Å². The Morgan fingerprint density at radius 3 is 1.79 bits per heavy atom. The number of halogens is 7. The van der Waals surface area contributed by atoms with E-state index in [0.29, 0.717) is 24.8 Å². The molecule has 29 heteroatoms. The Bertz CT molecular complexity index is 3220. The molecule has 11 atom stereocenters. The van der Waals surface area contributed by atoms with Crippen LogP contribution in [0.25, 0.3) is 0 Å². The summed E-state index contributed by atoms with van der Waals surface area (Å²) in [5.74, 6) is -11.3. The maximum Gasteiger partial charge on any atom is 0.417 e. The summed E-state index contributed by atoms with van der Waals surface area (Å²) in [6.07, 6.45) is -10.3. The van der Waals surface area contributed by atoms with Crippen molar-refractivity contribution < 1.29 is 79.1 Å². The molecule has 1 saturated carbocycles. The van der Waals surface area contributed by atoms with Crippen LogP contribution in [0.3, 0.4) is 0 Å². The van der Waals surface area contributed by atoms with Crippen LogP contribution in [0.2, 0.25) is 5.02 Å². The lowest BCUT2D eigenvalue weighted by Gasteiger charge is -2.45. The molecule has 1 aliphatic carbocycles. The fourth-order valence-corrected chi connectivity index (χ4v) is 13.6. The first-order valence-corrected chi connectivity index (χ1v) is 33.8. The smallest absolute Gasteiger partial charge is 0.343 e. The van der Waals surface area contributed by atoms with Crippen LogP contribution in [0.15, 0.2) is 42.5 Å². The number of amides is 11. The number of hydrogen-bond donors (Lipinski definition) is 4. The number of nitrogens with one attached hydrogen (secondary N) is 4. The van der Waals surface area contributed by atoms with Gasteiger partial charge >= 0.3 is 12.4 Å². The number of benzene rings is 2. The van der Waals surface area contributed by atoms with E-state index in [1.807, 2.05) is 12.2 Å². The first-order chi connectivity index (χ1) is 45.3. The standard InChI is InChI=1S/C68H96ClF6N11O11/c1-14-40(6)55-64(96)81(10)42(8)60(92)86-32-28-49(86)63(95)83(12)51(35-44-22-20-39(5)21-23-44)62(94)80(9)37-53(87)76-47(27-25-43-24-26-45(46(69)34-43)67(70,71)72)61(93)85-31-18-19-48(85)58(90)79-66(29-16-17-30-66)65(97)84(13)56(41(7)15-2)59(91)77-52(68(73,74)75)36-54(88)82(11)50(33-38(3)4)57(89)78-55/h20-24,26,34,38,40-42,47-52,55-56H,14-19,25,27-33,35-37H2,1-13H3,(H,76,87)(H,77,91)(H,78,89)(H,79,90)/t40-,41-,42-,47-,48-,49-,50-,51-,52-,55-,56-/m0/s1. The molecule has 22 nitrogen and oxygen atoms in total. The third-order valence-corrected chi connectivity index (χ3v) is 20.3. The Labute approximate surface area is 568 Å². The van der Waals surface area contributed by atoms with Crippen LogP contribution in [-0.2, 0) is 71.8 Å². The highest BCUT2D eigenvalue weighted by molar-refractivity contribution is 6.31. The molecule has 0 radical (unpaired) electrons. The lowest BCUT2D eigenvalue weighted by molar-refractivity contribution is -0.171. The van der Waals surface area contributed by atoms with Gasteiger partial charge in [-0.3, -0.25) is 52.7 Å². The van der Waals surface area contributed by atoms with Gasteiger partial charge in [0.25, 0.3) is 0 Å². The van der Waals surface area contributed by atoms with Gasteiger partial charge in [0.1, 0.15) is 59.9 Å². The molecular weight excluding hydrogens is 1300 g/mol. The highest BCUT2D eigenvalue weighted by Crippen LogP contribution is 2.37. The van der Waals surface area contributed by atoms with Gasteiger partial charge in [-0.15, -0.1) is 0 Å². The van der Waals surface area contributed by atoms with Gasteiger partial charge in [-0.25, -0.2) is 0 Å². The minimum Gasteiger partial charge on any atom is -0.343 e. The van der Waals surface area contributed by atoms with Crippen molar-refractivity contribution in [3.8, 4) is 0 Å². The van der Waals surface area contributed by atoms with Gasteiger partial charge in [0.15, 0.2) is 0 Å². The van der Waals surface area contributed by atoms with E-state index in [4.69, 9.17) is 11.6 Å². The quantitative estimate of drug-likeness (QED) is 0.184. The molecule has 11 amide bonds. The Morgan fingerprint density at radius 2 is 1.24 bits per heavy atom. The Morgan fingerprint density at radius 1 is 0.629 bits per heavy atom. The van der Waals surface area contributed by atoms with E-state index in [1.54, 1.807) is 65.8 Å². The molecule has 6 rings (SSSR count). The summed E-state index contributed by atoms with van der Waals surface area (Å²) in [6.45, 7) is 12.6. The van der Waals surface area contributed by atoms with E-state index in [9.17, 15) is 56.3 Å². The first-order valence-electron chi connectivity index (χ1n) is 33.4. The molecule has 2 aromatic carbocycles. The molecule has 4 aliphatic rings. The van der Waals surface area contributed by atoms with E-state index in [2.05, 4.69) is 16.0 Å². The minimum absolute atomic E-state index is 0.0196. The second-order valence-electron chi connectivity index (χ2n) is 27.3. The van der Waals surface area contributed by atoms with Crippen molar-refractivity contribution in [1.82, 2.24) is 55.6 Å². The number of fused-ring (bicyclic) bond motifs is 2. The molecule has 4 N–H and O–H groups in total. The average Bonchev–Trinajstić information content (AvgIpc) is 1.77. The predicted molar refractivity (Wildman–Crippen MR) is 348 cm³/mol. The summed E-state index contributed by atoms with van der Waals surface area (Å²) in [5, 5.41) is 9.64. The van der Waals surface area contributed by atoms with Crippen molar-refractivity contribution >= 4 is 76.6 Å². The number of aryl methyl sites for hydroxylation is 2. The summed E-state index contributed by atoms with van der Waals surface area (Å²) in [4.78, 5) is 169. The van der Waals surface area contributed by atoms with Gasteiger partial charge in [-0.05, 0) is 106 Å². The van der Waals surface area contributed by atoms with E-state index in [0.717, 1.165) is 50.4 Å². The molecule has 0 bridgehead atoms. The van der Waals surface area contributed by atoms with Crippen molar-refractivity contribution in [2.45, 2.75) is 218 Å². The highest BCUT2D eigenvalue weighted by Gasteiger charge is 2.52. The number of carbonyl (C=O) groups excluding carboxylic acids is 11. The number of carbonyl (C=O) groups is 11. The molecule has 3 aliphatic heterocycles. The zero-order valence-electron chi connectivity index (χ0n) is 57.8. The Kier molecular flexibility index (Phi) is 26.6. The van der Waals surface area contributed by atoms with Crippen LogP contribution in [-0.4, -0.2) is 220 Å². The Balaban J connectivity index is 1.43. The van der Waals surface area contributed by atoms with Crippen LogP contribution < -0.4 is 21.3 Å². The molecular formula is C68H96ClF6N11O11. The van der Waals surface area contributed by atoms with Crippen molar-refractivity contribution in [1.29, 1.82) is 0 Å². The molecule has 0 aromatic heterocycles. The topological polar surface area (TPSA) is 259 Å².